The molecule has 1 aliphatic heterocycles. The van der Waals surface area contributed by atoms with Crippen molar-refractivity contribution >= 4 is 5.91 Å². The lowest BCUT2D eigenvalue weighted by Crippen LogP contribution is -2.54. The number of carbonyl (C=O) groups excluding carboxylic acids is 1. The lowest BCUT2D eigenvalue weighted by atomic mass is 9.93. The van der Waals surface area contributed by atoms with E-state index in [1.807, 2.05) is 30.3 Å². The molecule has 2 fully saturated rings. The van der Waals surface area contributed by atoms with Gasteiger partial charge in [-0.2, -0.15) is 0 Å². The van der Waals surface area contributed by atoms with E-state index in [9.17, 15) is 9.90 Å². The van der Waals surface area contributed by atoms with Crippen LogP contribution in [0.25, 0.3) is 0 Å². The van der Waals surface area contributed by atoms with Gasteiger partial charge in [-0.15, -0.1) is 0 Å². The van der Waals surface area contributed by atoms with Crippen molar-refractivity contribution in [3.63, 3.8) is 0 Å². The number of carbonyl (C=O) groups is 1. The van der Waals surface area contributed by atoms with E-state index >= 15 is 0 Å². The van der Waals surface area contributed by atoms with Crippen molar-refractivity contribution in [1.29, 1.82) is 0 Å². The molecule has 1 aliphatic carbocycles. The minimum atomic E-state index is -0.442. The molecule has 0 radical (unpaired) electrons. The van der Waals surface area contributed by atoms with Crippen molar-refractivity contribution in [2.24, 2.45) is 0 Å². The van der Waals surface area contributed by atoms with Gasteiger partial charge < -0.3 is 10.0 Å². The maximum atomic E-state index is 12.4. The largest absolute Gasteiger partial charge is 0.388 e. The van der Waals surface area contributed by atoms with Crippen LogP contribution >= 0.6 is 0 Å². The molecule has 1 N–H and O–H groups in total. The average molecular weight is 316 g/mol. The fraction of sp³-hybridized carbons (Fsp3) is 0.632. The molecule has 1 saturated carbocycles. The molecule has 0 aromatic heterocycles. The minimum absolute atomic E-state index is 0.275. The second kappa shape index (κ2) is 7.93. The molecule has 1 heterocycles. The Morgan fingerprint density at radius 2 is 1.83 bits per heavy atom. The van der Waals surface area contributed by atoms with Gasteiger partial charge in [-0.25, -0.2) is 0 Å². The molecule has 0 bridgehead atoms. The van der Waals surface area contributed by atoms with Crippen LogP contribution in [0.5, 0.6) is 0 Å². The Hall–Kier alpha value is -1.39. The summed E-state index contributed by atoms with van der Waals surface area (Å²) in [6, 6.07) is 10.2. The molecule has 23 heavy (non-hydrogen) atoms. The molecule has 4 nitrogen and oxygen atoms in total. The molecule has 1 amide bonds. The molecule has 1 saturated heterocycles. The first-order chi connectivity index (χ1) is 11.2. The summed E-state index contributed by atoms with van der Waals surface area (Å²) < 4.78 is 0. The standard InChI is InChI=1S/C19H28N2O2/c22-18(16-7-3-1-4-8-16)11-12-20-13-14-21(19(23)15-20)17-9-5-2-6-10-17/h1,3-4,7-8,17-18,22H,2,5-6,9-15H2/t18-/m1/s1. The third kappa shape index (κ3) is 4.33. The van der Waals surface area contributed by atoms with Gasteiger partial charge in [0.15, 0.2) is 0 Å². The molecular formula is C19H28N2O2. The first-order valence-electron chi connectivity index (χ1n) is 8.99. The van der Waals surface area contributed by atoms with E-state index in [-0.39, 0.29) is 5.91 Å². The zero-order chi connectivity index (χ0) is 16.1. The fourth-order valence-corrected chi connectivity index (χ4v) is 3.85. The summed E-state index contributed by atoms with van der Waals surface area (Å²) in [7, 11) is 0. The van der Waals surface area contributed by atoms with Crippen molar-refractivity contribution in [1.82, 2.24) is 9.80 Å². The highest BCUT2D eigenvalue weighted by molar-refractivity contribution is 5.79. The quantitative estimate of drug-likeness (QED) is 0.908. The molecule has 4 heteroatoms. The van der Waals surface area contributed by atoms with E-state index in [0.29, 0.717) is 19.0 Å². The molecule has 1 atom stereocenters. The Morgan fingerprint density at radius 1 is 1.09 bits per heavy atom. The van der Waals surface area contributed by atoms with Crippen molar-refractivity contribution in [3.8, 4) is 0 Å². The number of benzene rings is 1. The van der Waals surface area contributed by atoms with Crippen LogP contribution < -0.4 is 0 Å². The Labute approximate surface area is 139 Å². The number of amides is 1. The molecule has 0 unspecified atom stereocenters. The Balaban J connectivity index is 1.45. The van der Waals surface area contributed by atoms with Crippen LogP contribution in [0.1, 0.15) is 50.2 Å². The van der Waals surface area contributed by atoms with E-state index in [2.05, 4.69) is 9.80 Å². The minimum Gasteiger partial charge on any atom is -0.388 e. The lowest BCUT2D eigenvalue weighted by Gasteiger charge is -2.40. The SMILES string of the molecule is O=C1CN(CC[C@@H](O)c2ccccc2)CCN1C1CCCCC1. The number of piperazine rings is 1. The fourth-order valence-electron chi connectivity index (χ4n) is 3.85. The third-order valence-electron chi connectivity index (χ3n) is 5.25. The molecule has 3 rings (SSSR count). The summed E-state index contributed by atoms with van der Waals surface area (Å²) in [4.78, 5) is 16.7. The Kier molecular flexibility index (Phi) is 5.68. The van der Waals surface area contributed by atoms with Crippen molar-refractivity contribution < 1.29 is 9.90 Å². The monoisotopic (exact) mass is 316 g/mol. The number of hydrogen-bond donors (Lipinski definition) is 1. The number of rotatable bonds is 5. The van der Waals surface area contributed by atoms with E-state index in [0.717, 1.165) is 25.2 Å². The van der Waals surface area contributed by atoms with Crippen LogP contribution in [0.2, 0.25) is 0 Å². The van der Waals surface area contributed by atoms with E-state index in [4.69, 9.17) is 0 Å². The predicted octanol–water partition coefficient (Wildman–Crippen LogP) is 2.59. The first kappa shape index (κ1) is 16.5. The maximum absolute atomic E-state index is 12.4. The highest BCUT2D eigenvalue weighted by atomic mass is 16.3. The summed E-state index contributed by atoms with van der Waals surface area (Å²) >= 11 is 0. The van der Waals surface area contributed by atoms with Gasteiger partial charge in [-0.1, -0.05) is 49.6 Å². The lowest BCUT2D eigenvalue weighted by molar-refractivity contribution is -0.139. The zero-order valence-corrected chi connectivity index (χ0v) is 13.9. The van der Waals surface area contributed by atoms with E-state index in [1.165, 1.54) is 32.1 Å². The van der Waals surface area contributed by atoms with E-state index < -0.39 is 6.10 Å². The average Bonchev–Trinajstić information content (AvgIpc) is 2.61. The Morgan fingerprint density at radius 3 is 2.52 bits per heavy atom. The van der Waals surface area contributed by atoms with Gasteiger partial charge in [0, 0.05) is 25.7 Å². The van der Waals surface area contributed by atoms with Crippen LogP contribution in [-0.4, -0.2) is 53.0 Å². The van der Waals surface area contributed by atoms with Gasteiger partial charge in [0.2, 0.25) is 5.91 Å². The topological polar surface area (TPSA) is 43.8 Å². The van der Waals surface area contributed by atoms with Gasteiger partial charge in [-0.05, 0) is 24.8 Å². The molecular weight excluding hydrogens is 288 g/mol. The van der Waals surface area contributed by atoms with Gasteiger partial charge in [0.25, 0.3) is 0 Å². The van der Waals surface area contributed by atoms with E-state index in [1.54, 1.807) is 0 Å². The van der Waals surface area contributed by atoms with Crippen LogP contribution in [0.15, 0.2) is 30.3 Å². The van der Waals surface area contributed by atoms with Crippen LogP contribution in [0, 0.1) is 0 Å². The maximum Gasteiger partial charge on any atom is 0.237 e. The smallest absolute Gasteiger partial charge is 0.237 e. The molecule has 1 aromatic carbocycles. The second-order valence-corrected chi connectivity index (χ2v) is 6.87. The van der Waals surface area contributed by atoms with Gasteiger partial charge in [0.05, 0.1) is 12.6 Å². The zero-order valence-electron chi connectivity index (χ0n) is 13.9. The van der Waals surface area contributed by atoms with Crippen LogP contribution in [0.3, 0.4) is 0 Å². The van der Waals surface area contributed by atoms with Crippen molar-refractivity contribution in [2.75, 3.05) is 26.2 Å². The summed E-state index contributed by atoms with van der Waals surface area (Å²) in [5.41, 5.74) is 0.958. The summed E-state index contributed by atoms with van der Waals surface area (Å²) in [6.07, 6.45) is 6.45. The van der Waals surface area contributed by atoms with Crippen molar-refractivity contribution in [3.05, 3.63) is 35.9 Å². The number of aliphatic hydroxyl groups excluding tert-OH is 1. The van der Waals surface area contributed by atoms with Gasteiger partial charge >= 0.3 is 0 Å². The van der Waals surface area contributed by atoms with Gasteiger partial charge in [0.1, 0.15) is 0 Å². The second-order valence-electron chi connectivity index (χ2n) is 6.87. The molecule has 2 aliphatic rings. The molecule has 0 spiro atoms. The number of nitrogens with zero attached hydrogens (tertiary/aromatic N) is 2. The first-order valence-corrected chi connectivity index (χ1v) is 8.99. The third-order valence-corrected chi connectivity index (χ3v) is 5.25. The predicted molar refractivity (Wildman–Crippen MR) is 91.0 cm³/mol. The number of hydrogen-bond acceptors (Lipinski definition) is 3. The normalized spacial score (nSPS) is 22.3. The Bertz CT molecular complexity index is 499. The highest BCUT2D eigenvalue weighted by Gasteiger charge is 2.30. The summed E-state index contributed by atoms with van der Waals surface area (Å²) in [5, 5.41) is 10.3. The summed E-state index contributed by atoms with van der Waals surface area (Å²) in [6.45, 7) is 3.08. The molecule has 1 aromatic rings. The summed E-state index contributed by atoms with van der Waals surface area (Å²) in [5.74, 6) is 0.275. The molecule has 126 valence electrons. The number of aliphatic hydroxyl groups is 1. The van der Waals surface area contributed by atoms with Crippen LogP contribution in [-0.2, 0) is 4.79 Å². The van der Waals surface area contributed by atoms with Crippen LogP contribution in [0.4, 0.5) is 0 Å². The highest BCUT2D eigenvalue weighted by Crippen LogP contribution is 2.24. The van der Waals surface area contributed by atoms with Gasteiger partial charge in [-0.3, -0.25) is 9.69 Å². The van der Waals surface area contributed by atoms with Crippen molar-refractivity contribution in [2.45, 2.75) is 50.7 Å².